The molecule has 0 bridgehead atoms. The Balaban J connectivity index is 1.71. The fourth-order valence-electron chi connectivity index (χ4n) is 2.33. The van der Waals surface area contributed by atoms with Crippen molar-refractivity contribution in [2.45, 2.75) is 38.4 Å². The minimum Gasteiger partial charge on any atom is -0.368 e. The number of aliphatic hydroxyl groups is 1. The second-order valence-corrected chi connectivity index (χ2v) is 4.54. The highest BCUT2D eigenvalue weighted by atomic mass is 16.6. The van der Waals surface area contributed by atoms with E-state index < -0.39 is 6.29 Å². The molecule has 1 aromatic carbocycles. The molecule has 0 aromatic heterocycles. The topological polar surface area (TPSA) is 29.5 Å². The van der Waals surface area contributed by atoms with Crippen molar-refractivity contribution in [2.75, 3.05) is 6.61 Å². The van der Waals surface area contributed by atoms with Crippen LogP contribution >= 0.6 is 0 Å². The molecule has 1 aliphatic rings. The number of aryl methyl sites for hydroxylation is 1. The summed E-state index contributed by atoms with van der Waals surface area (Å²) in [5, 5.41) is 9.64. The van der Waals surface area contributed by atoms with Crippen LogP contribution in [0.1, 0.15) is 31.2 Å². The highest BCUT2D eigenvalue weighted by Gasteiger charge is 2.22. The molecule has 1 N–H and O–H groups in total. The molecule has 16 heavy (non-hydrogen) atoms. The van der Waals surface area contributed by atoms with Crippen molar-refractivity contribution in [3.05, 3.63) is 35.9 Å². The van der Waals surface area contributed by atoms with E-state index in [4.69, 9.17) is 4.74 Å². The molecule has 1 fully saturated rings. The summed E-state index contributed by atoms with van der Waals surface area (Å²) < 4.78 is 5.25. The maximum atomic E-state index is 9.64. The van der Waals surface area contributed by atoms with E-state index in [0.29, 0.717) is 5.92 Å². The lowest BCUT2D eigenvalue weighted by atomic mass is 9.93. The zero-order chi connectivity index (χ0) is 11.2. The van der Waals surface area contributed by atoms with Crippen LogP contribution in [-0.4, -0.2) is 18.0 Å². The van der Waals surface area contributed by atoms with Crippen LogP contribution in [0.3, 0.4) is 0 Å². The zero-order valence-electron chi connectivity index (χ0n) is 9.64. The normalized spacial score (nSPS) is 25.6. The highest BCUT2D eigenvalue weighted by molar-refractivity contribution is 5.14. The summed E-state index contributed by atoms with van der Waals surface area (Å²) in [5.74, 6) is 0.345. The van der Waals surface area contributed by atoms with Gasteiger partial charge in [0.05, 0.1) is 0 Å². The summed E-state index contributed by atoms with van der Waals surface area (Å²) in [6.45, 7) is 0.719. The van der Waals surface area contributed by atoms with Gasteiger partial charge in [0.15, 0.2) is 6.29 Å². The zero-order valence-corrected chi connectivity index (χ0v) is 9.64. The Kier molecular flexibility index (Phi) is 4.37. The van der Waals surface area contributed by atoms with E-state index in [1.807, 2.05) is 6.07 Å². The summed E-state index contributed by atoms with van der Waals surface area (Å²) in [7, 11) is 0. The van der Waals surface area contributed by atoms with Crippen molar-refractivity contribution in [2.24, 2.45) is 5.92 Å². The molecule has 0 amide bonds. The van der Waals surface area contributed by atoms with E-state index in [0.717, 1.165) is 38.7 Å². The van der Waals surface area contributed by atoms with Gasteiger partial charge in [-0.2, -0.15) is 0 Å². The first kappa shape index (κ1) is 11.6. The van der Waals surface area contributed by atoms with Gasteiger partial charge in [0.25, 0.3) is 0 Å². The lowest BCUT2D eigenvalue weighted by Gasteiger charge is -2.27. The number of hydrogen-bond donors (Lipinski definition) is 1. The molecule has 1 aromatic rings. The van der Waals surface area contributed by atoms with Gasteiger partial charge < -0.3 is 9.84 Å². The molecular formula is C14H20O2. The predicted octanol–water partition coefficient (Wildman–Crippen LogP) is 2.75. The van der Waals surface area contributed by atoms with Crippen LogP contribution in [0.2, 0.25) is 0 Å². The van der Waals surface area contributed by atoms with Crippen LogP contribution < -0.4 is 0 Å². The maximum absolute atomic E-state index is 9.64. The van der Waals surface area contributed by atoms with Gasteiger partial charge in [0.2, 0.25) is 0 Å². The number of aliphatic hydroxyl groups excluding tert-OH is 1. The van der Waals surface area contributed by atoms with Gasteiger partial charge in [-0.25, -0.2) is 0 Å². The predicted molar refractivity (Wildman–Crippen MR) is 64.1 cm³/mol. The minimum absolute atomic E-state index is 0.345. The first-order valence-electron chi connectivity index (χ1n) is 6.20. The lowest BCUT2D eigenvalue weighted by molar-refractivity contribution is -0.160. The number of ether oxygens (including phenoxy) is 1. The summed E-state index contributed by atoms with van der Waals surface area (Å²) in [6, 6.07) is 10.5. The maximum Gasteiger partial charge on any atom is 0.157 e. The summed E-state index contributed by atoms with van der Waals surface area (Å²) in [4.78, 5) is 0. The molecule has 2 nitrogen and oxygen atoms in total. The Hall–Kier alpha value is -0.860. The molecule has 2 heteroatoms. The average molecular weight is 220 g/mol. The van der Waals surface area contributed by atoms with Crippen molar-refractivity contribution in [1.29, 1.82) is 0 Å². The van der Waals surface area contributed by atoms with E-state index in [9.17, 15) is 5.11 Å². The average Bonchev–Trinajstić information content (AvgIpc) is 2.33. The second kappa shape index (κ2) is 6.02. The van der Waals surface area contributed by atoms with Gasteiger partial charge in [-0.3, -0.25) is 0 Å². The third-order valence-corrected chi connectivity index (χ3v) is 3.29. The Morgan fingerprint density at radius 2 is 2.06 bits per heavy atom. The van der Waals surface area contributed by atoms with E-state index in [-0.39, 0.29) is 0 Å². The van der Waals surface area contributed by atoms with Gasteiger partial charge in [-0.1, -0.05) is 30.3 Å². The fraction of sp³-hybridized carbons (Fsp3) is 0.571. The van der Waals surface area contributed by atoms with E-state index in [1.54, 1.807) is 0 Å². The molecule has 0 aliphatic carbocycles. The third kappa shape index (κ3) is 3.32. The minimum atomic E-state index is -0.524. The van der Waals surface area contributed by atoms with Gasteiger partial charge in [-0.15, -0.1) is 0 Å². The smallest absolute Gasteiger partial charge is 0.157 e. The first-order valence-corrected chi connectivity index (χ1v) is 6.20. The highest BCUT2D eigenvalue weighted by Crippen LogP contribution is 2.24. The van der Waals surface area contributed by atoms with Crippen LogP contribution in [0.5, 0.6) is 0 Å². The molecule has 2 unspecified atom stereocenters. The molecule has 2 rings (SSSR count). The van der Waals surface area contributed by atoms with Crippen molar-refractivity contribution in [3.8, 4) is 0 Å². The van der Waals surface area contributed by atoms with Crippen molar-refractivity contribution in [3.63, 3.8) is 0 Å². The third-order valence-electron chi connectivity index (χ3n) is 3.29. The van der Waals surface area contributed by atoms with Crippen LogP contribution in [-0.2, 0) is 11.2 Å². The fourth-order valence-corrected chi connectivity index (χ4v) is 2.33. The summed E-state index contributed by atoms with van der Waals surface area (Å²) >= 11 is 0. The van der Waals surface area contributed by atoms with Crippen molar-refractivity contribution < 1.29 is 9.84 Å². The Morgan fingerprint density at radius 3 is 2.81 bits per heavy atom. The van der Waals surface area contributed by atoms with Crippen LogP contribution in [0.15, 0.2) is 30.3 Å². The quantitative estimate of drug-likeness (QED) is 0.845. The molecular weight excluding hydrogens is 200 g/mol. The standard InChI is InChI=1S/C14H20O2/c15-14-13(10-5-11-16-14)9-4-8-12-6-2-1-3-7-12/h1-3,6-7,13-15H,4-5,8-11H2. The summed E-state index contributed by atoms with van der Waals surface area (Å²) in [6.07, 6.45) is 4.97. The lowest BCUT2D eigenvalue weighted by Crippen LogP contribution is -2.29. The van der Waals surface area contributed by atoms with Gasteiger partial charge in [0, 0.05) is 12.5 Å². The van der Waals surface area contributed by atoms with Crippen LogP contribution in [0.25, 0.3) is 0 Å². The Labute approximate surface area is 97.3 Å². The van der Waals surface area contributed by atoms with Gasteiger partial charge in [0.1, 0.15) is 0 Å². The Morgan fingerprint density at radius 1 is 1.25 bits per heavy atom. The monoisotopic (exact) mass is 220 g/mol. The van der Waals surface area contributed by atoms with Crippen molar-refractivity contribution in [1.82, 2.24) is 0 Å². The molecule has 88 valence electrons. The second-order valence-electron chi connectivity index (χ2n) is 4.54. The molecule has 1 heterocycles. The molecule has 2 atom stereocenters. The van der Waals surface area contributed by atoms with Crippen LogP contribution in [0.4, 0.5) is 0 Å². The van der Waals surface area contributed by atoms with Gasteiger partial charge >= 0.3 is 0 Å². The van der Waals surface area contributed by atoms with Gasteiger partial charge in [-0.05, 0) is 37.7 Å². The molecule has 0 radical (unpaired) electrons. The summed E-state index contributed by atoms with van der Waals surface area (Å²) in [5.41, 5.74) is 1.38. The van der Waals surface area contributed by atoms with Crippen LogP contribution in [0, 0.1) is 5.92 Å². The SMILES string of the molecule is OC1OCCCC1CCCc1ccccc1. The molecule has 0 spiro atoms. The first-order chi connectivity index (χ1) is 7.86. The molecule has 0 saturated carbocycles. The number of hydrogen-bond acceptors (Lipinski definition) is 2. The molecule has 1 aliphatic heterocycles. The largest absolute Gasteiger partial charge is 0.368 e. The Bertz CT molecular complexity index is 297. The molecule has 1 saturated heterocycles. The number of benzene rings is 1. The van der Waals surface area contributed by atoms with Crippen molar-refractivity contribution >= 4 is 0 Å². The van der Waals surface area contributed by atoms with E-state index >= 15 is 0 Å². The number of rotatable bonds is 4. The van der Waals surface area contributed by atoms with E-state index in [2.05, 4.69) is 24.3 Å². The van der Waals surface area contributed by atoms with E-state index in [1.165, 1.54) is 5.56 Å².